The Hall–Kier alpha value is -2.38. The third kappa shape index (κ3) is 6.67. The van der Waals surface area contributed by atoms with E-state index < -0.39 is 11.6 Å². The molecular weight excluding hydrogens is 822 g/mol. The highest BCUT2D eigenvalue weighted by Crippen LogP contribution is 2.69. The van der Waals surface area contributed by atoms with E-state index in [4.69, 9.17) is 33.1 Å². The van der Waals surface area contributed by atoms with Crippen LogP contribution in [0.15, 0.2) is 91.0 Å². The van der Waals surface area contributed by atoms with E-state index in [1.54, 1.807) is 11.1 Å². The largest absolute Gasteiger partial charge is 0.481 e. The Balaban J connectivity index is 0.000000144. The lowest BCUT2D eigenvalue weighted by Gasteiger charge is -2.61. The minimum absolute atomic E-state index is 0. The molecule has 1 spiro atoms. The molecular formula is C48H55Cl2IO3. The summed E-state index contributed by atoms with van der Waals surface area (Å²) in [5.74, 6) is 5.41. The SMILES string of the molecule is C.CC(=O)O.CI.Clc1ccc2c(c1)C1(c3ccccc3-2)C2CC3CC(C2)CC1C3.OC1(c2ccccc2-c2ccc(Cl)cc2)C2CC3CC(C2)CC1C3. The van der Waals surface area contributed by atoms with Crippen molar-refractivity contribution in [1.82, 2.24) is 0 Å². The van der Waals surface area contributed by atoms with Crippen LogP contribution in [0.4, 0.5) is 0 Å². The first-order chi connectivity index (χ1) is 25.6. The maximum absolute atomic E-state index is 11.9. The molecule has 4 aromatic rings. The molecule has 8 fully saturated rings. The van der Waals surface area contributed by atoms with Crippen LogP contribution in [-0.4, -0.2) is 21.1 Å². The lowest BCUT2D eigenvalue weighted by molar-refractivity contribution is -0.179. The summed E-state index contributed by atoms with van der Waals surface area (Å²) in [6.07, 6.45) is 13.5. The second kappa shape index (κ2) is 15.9. The van der Waals surface area contributed by atoms with E-state index in [9.17, 15) is 5.11 Å². The summed E-state index contributed by atoms with van der Waals surface area (Å²) in [4.78, 5) is 11.0. The number of halogens is 3. The predicted molar refractivity (Wildman–Crippen MR) is 233 cm³/mol. The van der Waals surface area contributed by atoms with Crippen LogP contribution >= 0.6 is 45.8 Å². The predicted octanol–water partition coefficient (Wildman–Crippen LogP) is 13.5. The Morgan fingerprint density at radius 2 is 0.981 bits per heavy atom. The van der Waals surface area contributed by atoms with Crippen LogP contribution in [0.3, 0.4) is 0 Å². The zero-order valence-corrected chi connectivity index (χ0v) is 34.5. The molecule has 8 saturated carbocycles. The molecule has 2 N–H and O–H groups in total. The van der Waals surface area contributed by atoms with E-state index >= 15 is 0 Å². The van der Waals surface area contributed by atoms with Crippen molar-refractivity contribution < 1.29 is 15.0 Å². The first-order valence-electron chi connectivity index (χ1n) is 19.7. The summed E-state index contributed by atoms with van der Waals surface area (Å²) in [5.41, 5.74) is 9.19. The highest BCUT2D eigenvalue weighted by molar-refractivity contribution is 14.1. The van der Waals surface area contributed by atoms with Crippen LogP contribution in [0.2, 0.25) is 10.0 Å². The van der Waals surface area contributed by atoms with Crippen molar-refractivity contribution in [1.29, 1.82) is 0 Å². The Morgan fingerprint density at radius 1 is 0.574 bits per heavy atom. The number of fused-ring (bicyclic) bond motifs is 3. The minimum atomic E-state index is -0.833. The van der Waals surface area contributed by atoms with Gasteiger partial charge in [-0.2, -0.15) is 0 Å². The number of aliphatic hydroxyl groups is 1. The Labute approximate surface area is 346 Å². The molecule has 9 aliphatic rings. The van der Waals surface area contributed by atoms with Gasteiger partial charge in [-0.15, -0.1) is 0 Å². The minimum Gasteiger partial charge on any atom is -0.481 e. The molecule has 6 heteroatoms. The fourth-order valence-corrected chi connectivity index (χ4v) is 13.5. The number of hydrogen-bond donors (Lipinski definition) is 2. The molecule has 0 unspecified atom stereocenters. The van der Waals surface area contributed by atoms with Gasteiger partial charge in [0.25, 0.3) is 5.97 Å². The second-order valence-electron chi connectivity index (χ2n) is 17.1. The number of carbonyl (C=O) groups is 1. The van der Waals surface area contributed by atoms with Gasteiger partial charge in [-0.1, -0.05) is 120 Å². The van der Waals surface area contributed by atoms with Gasteiger partial charge in [-0.25, -0.2) is 0 Å². The molecule has 8 bridgehead atoms. The fraction of sp³-hybridized carbons (Fsp3) is 0.479. The zero-order chi connectivity index (χ0) is 37.1. The van der Waals surface area contributed by atoms with E-state index in [2.05, 4.69) is 101 Å². The summed E-state index contributed by atoms with van der Waals surface area (Å²) in [5, 5.41) is 21.0. The Kier molecular flexibility index (Phi) is 11.7. The van der Waals surface area contributed by atoms with E-state index in [1.807, 2.05) is 17.1 Å². The Morgan fingerprint density at radius 3 is 1.50 bits per heavy atom. The number of hydrogen-bond acceptors (Lipinski definition) is 2. The molecule has 0 radical (unpaired) electrons. The number of rotatable bonds is 2. The summed E-state index contributed by atoms with van der Waals surface area (Å²) in [6.45, 7) is 1.08. The van der Waals surface area contributed by atoms with Crippen molar-refractivity contribution in [2.75, 3.05) is 4.93 Å². The summed E-state index contributed by atoms with van der Waals surface area (Å²) >= 11 is 14.7. The van der Waals surface area contributed by atoms with Gasteiger partial charge in [0.15, 0.2) is 0 Å². The van der Waals surface area contributed by atoms with Crippen molar-refractivity contribution in [2.45, 2.75) is 89.6 Å². The number of alkyl halides is 1. The third-order valence-electron chi connectivity index (χ3n) is 14.4. The molecule has 54 heavy (non-hydrogen) atoms. The van der Waals surface area contributed by atoms with Gasteiger partial charge in [0.2, 0.25) is 0 Å². The standard InChI is InChI=1S/C22H23ClO.C22H21Cl.C2H4O2.CH3I.CH4/c23-19-7-5-16(6-8-19)20-3-1-2-4-21(20)22(24)17-10-14-9-15(12-17)13-18(22)11-14;23-17-5-6-19-18-3-1-2-4-20(18)22(21(19)12-17)15-8-13-7-14(10-15)11-16(22)9-13;1-2(3)4;1-2;/h1-8,14-15,17-18,24H,9-13H2;1-6,12-16H,7-11H2;1H3,(H,3,4);1H3;1H4. The van der Waals surface area contributed by atoms with Crippen molar-refractivity contribution in [3.8, 4) is 22.3 Å². The first kappa shape index (κ1) is 39.8. The van der Waals surface area contributed by atoms with E-state index in [1.165, 1.54) is 80.9 Å². The molecule has 9 aliphatic carbocycles. The van der Waals surface area contributed by atoms with Crippen LogP contribution in [-0.2, 0) is 15.8 Å². The smallest absolute Gasteiger partial charge is 0.300 e. The third-order valence-corrected chi connectivity index (χ3v) is 14.9. The molecule has 0 amide bonds. The quantitative estimate of drug-likeness (QED) is 0.156. The van der Waals surface area contributed by atoms with Crippen LogP contribution < -0.4 is 0 Å². The highest BCUT2D eigenvalue weighted by atomic mass is 127. The van der Waals surface area contributed by atoms with E-state index in [0.29, 0.717) is 11.8 Å². The van der Waals surface area contributed by atoms with Crippen LogP contribution in [0.25, 0.3) is 22.3 Å². The topological polar surface area (TPSA) is 57.5 Å². The molecule has 0 aromatic heterocycles. The molecule has 0 atom stereocenters. The normalized spacial score (nSPS) is 33.5. The molecule has 0 aliphatic heterocycles. The van der Waals surface area contributed by atoms with Crippen LogP contribution in [0.1, 0.15) is 95.2 Å². The summed E-state index contributed by atoms with van der Waals surface area (Å²) < 4.78 is 0. The van der Waals surface area contributed by atoms with Crippen LogP contribution in [0.5, 0.6) is 0 Å². The second-order valence-corrected chi connectivity index (χ2v) is 18.0. The lowest BCUT2D eigenvalue weighted by atomic mass is 9.43. The first-order valence-corrected chi connectivity index (χ1v) is 22.6. The van der Waals surface area contributed by atoms with Gasteiger partial charge in [0, 0.05) is 22.4 Å². The maximum Gasteiger partial charge on any atom is 0.300 e. The van der Waals surface area contributed by atoms with Gasteiger partial charge in [0.1, 0.15) is 0 Å². The van der Waals surface area contributed by atoms with Gasteiger partial charge in [-0.3, -0.25) is 4.79 Å². The maximum atomic E-state index is 11.9. The van der Waals surface area contributed by atoms with Crippen molar-refractivity contribution in [3.63, 3.8) is 0 Å². The van der Waals surface area contributed by atoms with Gasteiger partial charge in [0.05, 0.1) is 5.60 Å². The van der Waals surface area contributed by atoms with Gasteiger partial charge < -0.3 is 10.2 Å². The molecule has 0 heterocycles. The number of benzene rings is 4. The van der Waals surface area contributed by atoms with Crippen molar-refractivity contribution in [2.24, 2.45) is 47.3 Å². The molecule has 3 nitrogen and oxygen atoms in total. The van der Waals surface area contributed by atoms with Crippen molar-refractivity contribution >= 4 is 51.8 Å². The average molecular weight is 878 g/mol. The lowest BCUT2D eigenvalue weighted by Crippen LogP contribution is -2.55. The van der Waals surface area contributed by atoms with E-state index in [-0.39, 0.29) is 12.8 Å². The molecule has 13 rings (SSSR count). The zero-order valence-electron chi connectivity index (χ0n) is 30.8. The average Bonchev–Trinajstić information content (AvgIpc) is 3.43. The number of aliphatic carboxylic acids is 1. The molecule has 0 saturated heterocycles. The summed E-state index contributed by atoms with van der Waals surface area (Å²) in [6, 6.07) is 32.4. The van der Waals surface area contributed by atoms with Crippen LogP contribution in [0, 0.1) is 47.3 Å². The van der Waals surface area contributed by atoms with E-state index in [0.717, 1.165) is 63.6 Å². The Bertz CT molecular complexity index is 1910. The molecule has 4 aromatic carbocycles. The van der Waals surface area contributed by atoms with Gasteiger partial charge in [-0.05, 0) is 180 Å². The summed E-state index contributed by atoms with van der Waals surface area (Å²) in [7, 11) is 0. The fourth-order valence-electron chi connectivity index (χ4n) is 13.2. The monoisotopic (exact) mass is 876 g/mol. The van der Waals surface area contributed by atoms with Gasteiger partial charge >= 0.3 is 0 Å². The number of carboxylic acids is 1. The van der Waals surface area contributed by atoms with Crippen molar-refractivity contribution in [3.05, 3.63) is 118 Å². The molecule has 286 valence electrons. The highest BCUT2D eigenvalue weighted by Gasteiger charge is 2.61. The number of carboxylic acid groups (broad SMARTS) is 1.